The average molecular weight is 422 g/mol. The van der Waals surface area contributed by atoms with Crippen molar-refractivity contribution in [3.63, 3.8) is 0 Å². The molecule has 0 unspecified atom stereocenters. The Morgan fingerprint density at radius 2 is 1.74 bits per heavy atom. The molecule has 0 fully saturated rings. The maximum Gasteiger partial charge on any atom is 0.254 e. The standard InChI is InChI=1S/C25H31N3O3/c1-4-14-27(25(30)21-12-10-20(5-2)11-13-21)19-24(29)28(18-23-9-7-16-31-23)17-22-8-6-15-26(22)3/h6-13,15-16H,4-5,14,17-19H2,1-3H3. The first-order valence-electron chi connectivity index (χ1n) is 10.8. The lowest BCUT2D eigenvalue weighted by molar-refractivity contribution is -0.133. The van der Waals surface area contributed by atoms with Gasteiger partial charge in [-0.1, -0.05) is 26.0 Å². The molecule has 2 aromatic heterocycles. The molecule has 6 nitrogen and oxygen atoms in total. The smallest absolute Gasteiger partial charge is 0.254 e. The summed E-state index contributed by atoms with van der Waals surface area (Å²) in [6.07, 6.45) is 5.26. The van der Waals surface area contributed by atoms with Gasteiger partial charge >= 0.3 is 0 Å². The van der Waals surface area contributed by atoms with Crippen molar-refractivity contribution in [3.8, 4) is 0 Å². The summed E-state index contributed by atoms with van der Waals surface area (Å²) < 4.78 is 7.47. The molecule has 0 saturated heterocycles. The van der Waals surface area contributed by atoms with Gasteiger partial charge in [0.1, 0.15) is 12.3 Å². The van der Waals surface area contributed by atoms with Crippen molar-refractivity contribution in [2.24, 2.45) is 7.05 Å². The molecular formula is C25H31N3O3. The number of amides is 2. The Morgan fingerprint density at radius 3 is 2.32 bits per heavy atom. The van der Waals surface area contributed by atoms with E-state index < -0.39 is 0 Å². The maximum atomic E-state index is 13.3. The lowest BCUT2D eigenvalue weighted by Crippen LogP contribution is -2.43. The van der Waals surface area contributed by atoms with Crippen LogP contribution < -0.4 is 0 Å². The zero-order valence-electron chi connectivity index (χ0n) is 18.6. The number of benzene rings is 1. The Balaban J connectivity index is 1.77. The third-order valence-corrected chi connectivity index (χ3v) is 5.40. The number of aryl methyl sites for hydroxylation is 2. The summed E-state index contributed by atoms with van der Waals surface area (Å²) >= 11 is 0. The minimum Gasteiger partial charge on any atom is -0.467 e. The molecular weight excluding hydrogens is 390 g/mol. The van der Waals surface area contributed by atoms with E-state index in [1.807, 2.05) is 73.3 Å². The predicted octanol–water partition coefficient (Wildman–Crippen LogP) is 4.26. The van der Waals surface area contributed by atoms with E-state index in [-0.39, 0.29) is 18.4 Å². The Labute approximate surface area is 184 Å². The SMILES string of the molecule is CCCN(CC(=O)N(Cc1ccco1)Cc1cccn1C)C(=O)c1ccc(CC)cc1. The molecule has 0 bridgehead atoms. The number of nitrogens with zero attached hydrogens (tertiary/aromatic N) is 3. The van der Waals surface area contributed by atoms with Gasteiger partial charge in [-0.25, -0.2) is 0 Å². The monoisotopic (exact) mass is 421 g/mol. The Morgan fingerprint density at radius 1 is 0.968 bits per heavy atom. The maximum absolute atomic E-state index is 13.3. The van der Waals surface area contributed by atoms with Crippen LogP contribution in [0.25, 0.3) is 0 Å². The van der Waals surface area contributed by atoms with Crippen LogP contribution in [0.2, 0.25) is 0 Å². The molecule has 3 aromatic rings. The number of hydrogen-bond acceptors (Lipinski definition) is 3. The van der Waals surface area contributed by atoms with Crippen LogP contribution in [-0.4, -0.2) is 39.3 Å². The summed E-state index contributed by atoms with van der Waals surface area (Å²) in [5.41, 5.74) is 2.81. The second kappa shape index (κ2) is 10.7. The van der Waals surface area contributed by atoms with E-state index in [0.717, 1.165) is 18.5 Å². The Hall–Kier alpha value is -3.28. The van der Waals surface area contributed by atoms with Crippen molar-refractivity contribution in [3.05, 3.63) is 83.6 Å². The second-order valence-electron chi connectivity index (χ2n) is 7.72. The molecule has 31 heavy (non-hydrogen) atoms. The van der Waals surface area contributed by atoms with Gasteiger partial charge in [0.2, 0.25) is 5.91 Å². The zero-order valence-corrected chi connectivity index (χ0v) is 18.6. The van der Waals surface area contributed by atoms with Gasteiger partial charge in [-0.15, -0.1) is 0 Å². The molecule has 6 heteroatoms. The Bertz CT molecular complexity index is 974. The Kier molecular flexibility index (Phi) is 7.70. The molecule has 2 amide bonds. The van der Waals surface area contributed by atoms with Gasteiger partial charge in [-0.05, 0) is 54.8 Å². The van der Waals surface area contributed by atoms with Crippen LogP contribution >= 0.6 is 0 Å². The number of furan rings is 1. The van der Waals surface area contributed by atoms with Crippen molar-refractivity contribution in [2.45, 2.75) is 39.8 Å². The summed E-state index contributed by atoms with van der Waals surface area (Å²) in [6, 6.07) is 15.3. The number of rotatable bonds is 10. The fourth-order valence-electron chi connectivity index (χ4n) is 3.53. The van der Waals surface area contributed by atoms with Gasteiger partial charge in [0, 0.05) is 31.0 Å². The minimum absolute atomic E-state index is 0.0351. The van der Waals surface area contributed by atoms with Crippen molar-refractivity contribution < 1.29 is 14.0 Å². The highest BCUT2D eigenvalue weighted by Gasteiger charge is 2.23. The van der Waals surface area contributed by atoms with E-state index in [4.69, 9.17) is 4.42 Å². The molecule has 3 rings (SSSR count). The zero-order chi connectivity index (χ0) is 22.2. The van der Waals surface area contributed by atoms with E-state index in [9.17, 15) is 9.59 Å². The predicted molar refractivity (Wildman–Crippen MR) is 120 cm³/mol. The normalized spacial score (nSPS) is 10.8. The van der Waals surface area contributed by atoms with E-state index in [1.54, 1.807) is 16.1 Å². The fraction of sp³-hybridized carbons (Fsp3) is 0.360. The minimum atomic E-state index is -0.116. The molecule has 1 aromatic carbocycles. The van der Waals surface area contributed by atoms with Gasteiger partial charge < -0.3 is 18.8 Å². The molecule has 0 spiro atoms. The first-order chi connectivity index (χ1) is 15.0. The lowest BCUT2D eigenvalue weighted by Gasteiger charge is -2.27. The van der Waals surface area contributed by atoms with Crippen LogP contribution in [0.3, 0.4) is 0 Å². The van der Waals surface area contributed by atoms with E-state index in [2.05, 4.69) is 6.92 Å². The fourth-order valence-corrected chi connectivity index (χ4v) is 3.53. The van der Waals surface area contributed by atoms with E-state index in [1.165, 1.54) is 5.56 Å². The summed E-state index contributed by atoms with van der Waals surface area (Å²) in [4.78, 5) is 29.8. The highest BCUT2D eigenvalue weighted by atomic mass is 16.3. The van der Waals surface area contributed by atoms with Crippen LogP contribution in [0.15, 0.2) is 65.4 Å². The van der Waals surface area contributed by atoms with Gasteiger partial charge in [0.25, 0.3) is 5.91 Å². The lowest BCUT2D eigenvalue weighted by atomic mass is 10.1. The highest BCUT2D eigenvalue weighted by molar-refractivity contribution is 5.96. The molecule has 0 aliphatic carbocycles. The summed E-state index contributed by atoms with van der Waals surface area (Å²) in [5.74, 6) is 0.491. The molecule has 0 saturated carbocycles. The summed E-state index contributed by atoms with van der Waals surface area (Å²) in [7, 11) is 1.96. The van der Waals surface area contributed by atoms with E-state index >= 15 is 0 Å². The van der Waals surface area contributed by atoms with Crippen molar-refractivity contribution in [1.29, 1.82) is 0 Å². The number of hydrogen-bond donors (Lipinski definition) is 0. The van der Waals surface area contributed by atoms with Crippen LogP contribution in [0.5, 0.6) is 0 Å². The first kappa shape index (κ1) is 22.4. The largest absolute Gasteiger partial charge is 0.467 e. The highest BCUT2D eigenvalue weighted by Crippen LogP contribution is 2.14. The molecule has 0 N–H and O–H groups in total. The molecule has 0 atom stereocenters. The van der Waals surface area contributed by atoms with Crippen molar-refractivity contribution in [1.82, 2.24) is 14.4 Å². The first-order valence-corrected chi connectivity index (χ1v) is 10.8. The van der Waals surface area contributed by atoms with Gasteiger partial charge in [-0.3, -0.25) is 9.59 Å². The number of carbonyl (C=O) groups is 2. The third-order valence-electron chi connectivity index (χ3n) is 5.40. The van der Waals surface area contributed by atoms with Crippen LogP contribution in [0, 0.1) is 0 Å². The molecule has 164 valence electrons. The van der Waals surface area contributed by atoms with Crippen LogP contribution in [0.1, 0.15) is 47.6 Å². The van der Waals surface area contributed by atoms with E-state index in [0.29, 0.717) is 31.0 Å². The third kappa shape index (κ3) is 5.87. The van der Waals surface area contributed by atoms with Crippen molar-refractivity contribution in [2.75, 3.05) is 13.1 Å². The topological polar surface area (TPSA) is 58.7 Å². The second-order valence-corrected chi connectivity index (χ2v) is 7.72. The molecule has 0 aliphatic heterocycles. The van der Waals surface area contributed by atoms with Gasteiger partial charge in [-0.2, -0.15) is 0 Å². The van der Waals surface area contributed by atoms with Gasteiger partial charge in [0.15, 0.2) is 0 Å². The average Bonchev–Trinajstić information content (AvgIpc) is 3.44. The molecule has 0 aliphatic rings. The molecule has 0 radical (unpaired) electrons. The van der Waals surface area contributed by atoms with Crippen LogP contribution in [0.4, 0.5) is 0 Å². The molecule has 2 heterocycles. The number of aromatic nitrogens is 1. The summed E-state index contributed by atoms with van der Waals surface area (Å²) in [5, 5.41) is 0. The van der Waals surface area contributed by atoms with Crippen LogP contribution in [-0.2, 0) is 31.4 Å². The summed E-state index contributed by atoms with van der Waals surface area (Å²) in [6.45, 7) is 5.46. The number of carbonyl (C=O) groups excluding carboxylic acids is 2. The van der Waals surface area contributed by atoms with Crippen molar-refractivity contribution >= 4 is 11.8 Å². The van der Waals surface area contributed by atoms with Gasteiger partial charge in [0.05, 0.1) is 19.4 Å². The quantitative estimate of drug-likeness (QED) is 0.491.